The van der Waals surface area contributed by atoms with Crippen LogP contribution in [0.3, 0.4) is 0 Å². The number of methoxy groups -OCH3 is 1. The van der Waals surface area contributed by atoms with Crippen molar-refractivity contribution < 1.29 is 19.1 Å². The molecule has 3 rings (SSSR count). The van der Waals surface area contributed by atoms with Crippen molar-refractivity contribution in [1.82, 2.24) is 10.2 Å². The van der Waals surface area contributed by atoms with Gasteiger partial charge in [0.05, 0.1) is 25.0 Å². The summed E-state index contributed by atoms with van der Waals surface area (Å²) in [5, 5.41) is 13.8. The maximum atomic E-state index is 12.3. The van der Waals surface area contributed by atoms with Crippen molar-refractivity contribution >= 4 is 29.2 Å². The van der Waals surface area contributed by atoms with Crippen molar-refractivity contribution in [1.29, 1.82) is 0 Å². The molecule has 2 N–H and O–H groups in total. The van der Waals surface area contributed by atoms with Crippen LogP contribution in [0.4, 0.5) is 17.3 Å². The number of rotatable bonds is 7. The Kier molecular flexibility index (Phi) is 6.36. The van der Waals surface area contributed by atoms with Crippen molar-refractivity contribution in [2.24, 2.45) is 0 Å². The summed E-state index contributed by atoms with van der Waals surface area (Å²) in [6.45, 7) is 2.04. The van der Waals surface area contributed by atoms with Gasteiger partial charge < -0.3 is 20.1 Å². The van der Waals surface area contributed by atoms with Gasteiger partial charge in [0.15, 0.2) is 11.6 Å². The van der Waals surface area contributed by atoms with E-state index in [4.69, 9.17) is 9.47 Å². The maximum Gasteiger partial charge on any atom is 0.340 e. The molecule has 0 bridgehead atoms. The lowest BCUT2D eigenvalue weighted by molar-refractivity contribution is 0.0527. The first kappa shape index (κ1) is 19.8. The Morgan fingerprint density at radius 1 is 0.931 bits per heavy atom. The highest BCUT2D eigenvalue weighted by Gasteiger charge is 2.13. The zero-order valence-corrected chi connectivity index (χ0v) is 16.0. The zero-order valence-electron chi connectivity index (χ0n) is 16.0. The lowest BCUT2D eigenvalue weighted by Gasteiger charge is -2.10. The van der Waals surface area contributed by atoms with E-state index in [2.05, 4.69) is 20.8 Å². The minimum atomic E-state index is -0.424. The fourth-order valence-corrected chi connectivity index (χ4v) is 2.51. The van der Waals surface area contributed by atoms with Crippen LogP contribution in [0, 0.1) is 0 Å². The number of aromatic nitrogens is 2. The summed E-state index contributed by atoms with van der Waals surface area (Å²) in [4.78, 5) is 24.3. The Balaban J connectivity index is 1.68. The van der Waals surface area contributed by atoms with Gasteiger partial charge in [-0.15, -0.1) is 10.2 Å². The largest absolute Gasteiger partial charge is 0.497 e. The number of nitrogens with zero attached hydrogens (tertiary/aromatic N) is 2. The van der Waals surface area contributed by atoms with Crippen molar-refractivity contribution in [3.63, 3.8) is 0 Å². The van der Waals surface area contributed by atoms with E-state index in [0.717, 1.165) is 0 Å². The standard InChI is InChI=1S/C21H20N4O4/c1-3-29-21(27)16-6-4-5-7-17(16)22-18-12-13-19(25-24-18)23-20(26)14-8-10-15(28-2)11-9-14/h4-13H,3H2,1-2H3,(H,22,24)(H,23,25,26). The Morgan fingerprint density at radius 2 is 1.62 bits per heavy atom. The second kappa shape index (κ2) is 9.32. The molecule has 0 saturated carbocycles. The number of hydrogen-bond acceptors (Lipinski definition) is 7. The van der Waals surface area contributed by atoms with Crippen LogP contribution in [-0.4, -0.2) is 35.8 Å². The molecule has 148 valence electrons. The minimum absolute atomic E-state index is 0.287. The van der Waals surface area contributed by atoms with E-state index < -0.39 is 5.97 Å². The quantitative estimate of drug-likeness (QED) is 0.592. The summed E-state index contributed by atoms with van der Waals surface area (Å²) < 4.78 is 10.1. The second-order valence-corrected chi connectivity index (χ2v) is 5.88. The lowest BCUT2D eigenvalue weighted by atomic mass is 10.2. The van der Waals surface area contributed by atoms with Crippen LogP contribution in [-0.2, 0) is 4.74 Å². The van der Waals surface area contributed by atoms with Crippen LogP contribution >= 0.6 is 0 Å². The predicted molar refractivity (Wildman–Crippen MR) is 109 cm³/mol. The number of amides is 1. The number of benzene rings is 2. The fraction of sp³-hybridized carbons (Fsp3) is 0.143. The van der Waals surface area contributed by atoms with E-state index in [0.29, 0.717) is 34.2 Å². The van der Waals surface area contributed by atoms with Gasteiger partial charge in [-0.1, -0.05) is 12.1 Å². The van der Waals surface area contributed by atoms with Crippen LogP contribution in [0.25, 0.3) is 0 Å². The molecule has 8 heteroatoms. The predicted octanol–water partition coefficient (Wildman–Crippen LogP) is 3.66. The number of carbonyl (C=O) groups excluding carboxylic acids is 2. The second-order valence-electron chi connectivity index (χ2n) is 5.88. The zero-order chi connectivity index (χ0) is 20.6. The number of hydrogen-bond donors (Lipinski definition) is 2. The molecule has 2 aromatic carbocycles. The normalized spacial score (nSPS) is 10.1. The molecule has 0 atom stereocenters. The smallest absolute Gasteiger partial charge is 0.340 e. The number of anilines is 3. The van der Waals surface area contributed by atoms with Crippen LogP contribution in [0.15, 0.2) is 60.7 Å². The van der Waals surface area contributed by atoms with Gasteiger partial charge in [-0.25, -0.2) is 4.79 Å². The molecule has 1 amide bonds. The monoisotopic (exact) mass is 392 g/mol. The summed E-state index contributed by atoms with van der Waals surface area (Å²) in [5.74, 6) is 0.654. The van der Waals surface area contributed by atoms with Crippen LogP contribution in [0.1, 0.15) is 27.6 Å². The Morgan fingerprint density at radius 3 is 2.28 bits per heavy atom. The van der Waals surface area contributed by atoms with Gasteiger partial charge >= 0.3 is 5.97 Å². The number of esters is 1. The molecule has 0 fully saturated rings. The topological polar surface area (TPSA) is 102 Å². The fourth-order valence-electron chi connectivity index (χ4n) is 2.51. The third-order valence-electron chi connectivity index (χ3n) is 3.94. The Bertz CT molecular complexity index is 988. The van der Waals surface area contributed by atoms with E-state index >= 15 is 0 Å². The van der Waals surface area contributed by atoms with Gasteiger partial charge in [0.25, 0.3) is 5.91 Å². The molecule has 0 aliphatic carbocycles. The summed E-state index contributed by atoms with van der Waals surface area (Å²) in [7, 11) is 1.56. The van der Waals surface area contributed by atoms with E-state index in [1.54, 1.807) is 74.7 Å². The molecule has 0 spiro atoms. The molecule has 29 heavy (non-hydrogen) atoms. The molecule has 8 nitrogen and oxygen atoms in total. The summed E-state index contributed by atoms with van der Waals surface area (Å²) in [6.07, 6.45) is 0. The maximum absolute atomic E-state index is 12.3. The summed E-state index contributed by atoms with van der Waals surface area (Å²) in [5.41, 5.74) is 1.42. The molecule has 0 saturated heterocycles. The SMILES string of the molecule is CCOC(=O)c1ccccc1Nc1ccc(NC(=O)c2ccc(OC)cc2)nn1. The first-order valence-corrected chi connectivity index (χ1v) is 8.93. The van der Waals surface area contributed by atoms with Gasteiger partial charge in [0, 0.05) is 5.56 Å². The number of carbonyl (C=O) groups is 2. The molecular formula is C21H20N4O4. The molecule has 1 aromatic heterocycles. The average molecular weight is 392 g/mol. The molecular weight excluding hydrogens is 372 g/mol. The number of nitrogens with one attached hydrogen (secondary N) is 2. The van der Waals surface area contributed by atoms with Crippen molar-refractivity contribution in [2.75, 3.05) is 24.4 Å². The van der Waals surface area contributed by atoms with Crippen molar-refractivity contribution in [2.45, 2.75) is 6.92 Å². The first-order valence-electron chi connectivity index (χ1n) is 8.93. The Labute approximate surface area is 167 Å². The minimum Gasteiger partial charge on any atom is -0.497 e. The van der Waals surface area contributed by atoms with Crippen molar-refractivity contribution in [3.05, 3.63) is 71.8 Å². The molecule has 0 unspecified atom stereocenters. The molecule has 3 aromatic rings. The Hall–Kier alpha value is -3.94. The van der Waals surface area contributed by atoms with Gasteiger partial charge in [0.2, 0.25) is 0 Å². The van der Waals surface area contributed by atoms with Gasteiger partial charge in [0.1, 0.15) is 5.75 Å². The van der Waals surface area contributed by atoms with Crippen LogP contribution in [0.5, 0.6) is 5.75 Å². The van der Waals surface area contributed by atoms with Gasteiger partial charge in [-0.2, -0.15) is 0 Å². The number of para-hydroxylation sites is 1. The van der Waals surface area contributed by atoms with Gasteiger partial charge in [-0.3, -0.25) is 4.79 Å². The average Bonchev–Trinajstić information content (AvgIpc) is 2.75. The molecule has 0 aliphatic rings. The third kappa shape index (κ3) is 5.07. The van der Waals surface area contributed by atoms with Crippen LogP contribution < -0.4 is 15.4 Å². The van der Waals surface area contributed by atoms with E-state index in [9.17, 15) is 9.59 Å². The first-order chi connectivity index (χ1) is 14.1. The highest BCUT2D eigenvalue weighted by Crippen LogP contribution is 2.21. The van der Waals surface area contributed by atoms with E-state index in [-0.39, 0.29) is 12.5 Å². The highest BCUT2D eigenvalue weighted by atomic mass is 16.5. The molecule has 0 aliphatic heterocycles. The summed E-state index contributed by atoms with van der Waals surface area (Å²) in [6, 6.07) is 16.9. The lowest BCUT2D eigenvalue weighted by Crippen LogP contribution is -2.13. The highest BCUT2D eigenvalue weighted by molar-refractivity contribution is 6.03. The van der Waals surface area contributed by atoms with E-state index in [1.807, 2.05) is 0 Å². The van der Waals surface area contributed by atoms with Crippen LogP contribution in [0.2, 0.25) is 0 Å². The van der Waals surface area contributed by atoms with E-state index in [1.165, 1.54) is 0 Å². The summed E-state index contributed by atoms with van der Waals surface area (Å²) >= 11 is 0. The molecule has 1 heterocycles. The van der Waals surface area contributed by atoms with Crippen molar-refractivity contribution in [3.8, 4) is 5.75 Å². The number of ether oxygens (including phenoxy) is 2. The molecule has 0 radical (unpaired) electrons. The third-order valence-corrected chi connectivity index (χ3v) is 3.94. The van der Waals surface area contributed by atoms with Gasteiger partial charge in [-0.05, 0) is 55.5 Å².